The Morgan fingerprint density at radius 1 is 1.13 bits per heavy atom. The summed E-state index contributed by atoms with van der Waals surface area (Å²) in [6.45, 7) is 0. The standard InChI is InChI=1S/C18H12FN3O/c1-23-18-16(10-20)15(12-4-6-14(19)7-5-12)9-17(22-18)13-3-2-8-21-11-13/h2-9,11H,1H3. The molecule has 0 fully saturated rings. The van der Waals surface area contributed by atoms with E-state index >= 15 is 0 Å². The topological polar surface area (TPSA) is 58.8 Å². The minimum absolute atomic E-state index is 0.230. The third-order valence-electron chi connectivity index (χ3n) is 3.40. The molecule has 112 valence electrons. The monoisotopic (exact) mass is 305 g/mol. The fraction of sp³-hybridized carbons (Fsp3) is 0.0556. The summed E-state index contributed by atoms with van der Waals surface area (Å²) in [5.74, 6) is -0.103. The molecule has 4 nitrogen and oxygen atoms in total. The van der Waals surface area contributed by atoms with Crippen LogP contribution in [-0.2, 0) is 0 Å². The summed E-state index contributed by atoms with van der Waals surface area (Å²) < 4.78 is 18.4. The third kappa shape index (κ3) is 2.87. The van der Waals surface area contributed by atoms with E-state index in [0.29, 0.717) is 22.4 Å². The smallest absolute Gasteiger partial charge is 0.232 e. The van der Waals surface area contributed by atoms with E-state index in [1.807, 2.05) is 6.07 Å². The Balaban J connectivity index is 2.25. The van der Waals surface area contributed by atoms with Crippen LogP contribution < -0.4 is 4.74 Å². The number of pyridine rings is 2. The maximum Gasteiger partial charge on any atom is 0.232 e. The molecular weight excluding hydrogens is 293 g/mol. The molecule has 3 rings (SSSR count). The molecule has 0 aliphatic carbocycles. The lowest BCUT2D eigenvalue weighted by molar-refractivity contribution is 0.397. The van der Waals surface area contributed by atoms with Gasteiger partial charge in [-0.1, -0.05) is 12.1 Å². The number of nitrogens with zero attached hydrogens (tertiary/aromatic N) is 3. The molecule has 2 aromatic heterocycles. The lowest BCUT2D eigenvalue weighted by atomic mass is 9.99. The summed E-state index contributed by atoms with van der Waals surface area (Å²) >= 11 is 0. The van der Waals surface area contributed by atoms with Crippen molar-refractivity contribution in [1.29, 1.82) is 5.26 Å². The van der Waals surface area contributed by atoms with Gasteiger partial charge in [0.1, 0.15) is 17.4 Å². The number of halogens is 1. The second-order valence-corrected chi connectivity index (χ2v) is 4.80. The summed E-state index contributed by atoms with van der Waals surface area (Å²) in [7, 11) is 1.46. The second-order valence-electron chi connectivity index (χ2n) is 4.80. The third-order valence-corrected chi connectivity index (χ3v) is 3.40. The van der Waals surface area contributed by atoms with Crippen molar-refractivity contribution in [1.82, 2.24) is 9.97 Å². The fourth-order valence-electron chi connectivity index (χ4n) is 2.30. The van der Waals surface area contributed by atoms with Gasteiger partial charge in [0, 0.05) is 23.5 Å². The molecule has 0 spiro atoms. The Morgan fingerprint density at radius 2 is 1.91 bits per heavy atom. The Bertz CT molecular complexity index is 871. The van der Waals surface area contributed by atoms with Crippen LogP contribution in [0.1, 0.15) is 5.56 Å². The van der Waals surface area contributed by atoms with Crippen molar-refractivity contribution in [2.24, 2.45) is 0 Å². The quantitative estimate of drug-likeness (QED) is 0.738. The van der Waals surface area contributed by atoms with Crippen molar-refractivity contribution in [3.8, 4) is 34.3 Å². The maximum atomic E-state index is 13.2. The molecule has 0 aliphatic rings. The van der Waals surface area contributed by atoms with Crippen LogP contribution in [0, 0.1) is 17.1 Å². The number of rotatable bonds is 3. The van der Waals surface area contributed by atoms with Crippen LogP contribution in [0.4, 0.5) is 4.39 Å². The molecular formula is C18H12FN3O. The Kier molecular flexibility index (Phi) is 3.98. The summed E-state index contributed by atoms with van der Waals surface area (Å²) in [5.41, 5.74) is 3.10. The Morgan fingerprint density at radius 3 is 2.52 bits per heavy atom. The number of hydrogen-bond acceptors (Lipinski definition) is 4. The number of nitriles is 1. The zero-order valence-electron chi connectivity index (χ0n) is 12.3. The van der Waals surface area contributed by atoms with Crippen molar-refractivity contribution in [3.05, 3.63) is 66.2 Å². The average molecular weight is 305 g/mol. The summed E-state index contributed by atoms with van der Waals surface area (Å²) in [5, 5.41) is 9.45. The molecule has 0 N–H and O–H groups in total. The molecule has 5 heteroatoms. The van der Waals surface area contributed by atoms with E-state index in [4.69, 9.17) is 4.74 Å². The van der Waals surface area contributed by atoms with Gasteiger partial charge in [-0.3, -0.25) is 4.98 Å². The van der Waals surface area contributed by atoms with Gasteiger partial charge in [0.2, 0.25) is 5.88 Å². The lowest BCUT2D eigenvalue weighted by Gasteiger charge is -2.11. The van der Waals surface area contributed by atoms with Gasteiger partial charge in [-0.2, -0.15) is 5.26 Å². The van der Waals surface area contributed by atoms with Gasteiger partial charge in [0.15, 0.2) is 0 Å². The number of methoxy groups -OCH3 is 1. The normalized spacial score (nSPS) is 10.1. The van der Waals surface area contributed by atoms with Crippen molar-refractivity contribution < 1.29 is 9.13 Å². The van der Waals surface area contributed by atoms with Crippen LogP contribution in [0.2, 0.25) is 0 Å². The van der Waals surface area contributed by atoms with Crippen molar-refractivity contribution in [3.63, 3.8) is 0 Å². The van der Waals surface area contributed by atoms with E-state index in [1.165, 1.54) is 19.2 Å². The Labute approximate surface area is 132 Å². The zero-order chi connectivity index (χ0) is 16.2. The van der Waals surface area contributed by atoms with Gasteiger partial charge in [0.05, 0.1) is 12.8 Å². The lowest BCUT2D eigenvalue weighted by Crippen LogP contribution is -1.98. The van der Waals surface area contributed by atoms with Crippen LogP contribution in [0.5, 0.6) is 5.88 Å². The first-order valence-corrected chi connectivity index (χ1v) is 6.88. The second kappa shape index (κ2) is 6.24. The number of aromatic nitrogens is 2. The van der Waals surface area contributed by atoms with Gasteiger partial charge < -0.3 is 4.74 Å². The van der Waals surface area contributed by atoms with Gasteiger partial charge in [-0.15, -0.1) is 0 Å². The van der Waals surface area contributed by atoms with Crippen LogP contribution in [0.25, 0.3) is 22.4 Å². The van der Waals surface area contributed by atoms with E-state index in [9.17, 15) is 9.65 Å². The average Bonchev–Trinajstić information content (AvgIpc) is 2.62. The highest BCUT2D eigenvalue weighted by Gasteiger charge is 2.16. The van der Waals surface area contributed by atoms with Crippen molar-refractivity contribution >= 4 is 0 Å². The molecule has 0 amide bonds. The molecule has 3 aromatic rings. The molecule has 0 radical (unpaired) electrons. The molecule has 23 heavy (non-hydrogen) atoms. The largest absolute Gasteiger partial charge is 0.480 e. The van der Waals surface area contributed by atoms with E-state index in [1.54, 1.807) is 36.7 Å². The first kappa shape index (κ1) is 14.7. The zero-order valence-corrected chi connectivity index (χ0v) is 12.3. The summed E-state index contributed by atoms with van der Waals surface area (Å²) in [4.78, 5) is 8.45. The van der Waals surface area contributed by atoms with E-state index < -0.39 is 0 Å². The van der Waals surface area contributed by atoms with Crippen LogP contribution in [0.15, 0.2) is 54.9 Å². The predicted octanol–water partition coefficient (Wildman–Crippen LogP) is 3.83. The highest BCUT2D eigenvalue weighted by atomic mass is 19.1. The van der Waals surface area contributed by atoms with Crippen molar-refractivity contribution in [2.75, 3.05) is 7.11 Å². The minimum atomic E-state index is -0.333. The molecule has 0 unspecified atom stereocenters. The van der Waals surface area contributed by atoms with Gasteiger partial charge >= 0.3 is 0 Å². The van der Waals surface area contributed by atoms with Gasteiger partial charge in [-0.25, -0.2) is 9.37 Å². The SMILES string of the molecule is COc1nc(-c2cccnc2)cc(-c2ccc(F)cc2)c1C#N. The molecule has 1 aromatic carbocycles. The van der Waals surface area contributed by atoms with Crippen LogP contribution in [0.3, 0.4) is 0 Å². The number of hydrogen-bond donors (Lipinski definition) is 0. The van der Waals surface area contributed by atoms with Crippen molar-refractivity contribution in [2.45, 2.75) is 0 Å². The van der Waals surface area contributed by atoms with Gasteiger partial charge in [-0.05, 0) is 35.9 Å². The van der Waals surface area contributed by atoms with E-state index in [0.717, 1.165) is 5.56 Å². The fourth-order valence-corrected chi connectivity index (χ4v) is 2.30. The highest BCUT2D eigenvalue weighted by Crippen LogP contribution is 2.33. The molecule has 0 atom stereocenters. The maximum absolute atomic E-state index is 13.2. The first-order valence-electron chi connectivity index (χ1n) is 6.88. The summed E-state index contributed by atoms with van der Waals surface area (Å²) in [6, 6.07) is 13.5. The molecule has 2 heterocycles. The molecule has 0 saturated heterocycles. The minimum Gasteiger partial charge on any atom is -0.480 e. The van der Waals surface area contributed by atoms with Crippen LogP contribution >= 0.6 is 0 Å². The molecule has 0 aliphatic heterocycles. The summed E-state index contributed by atoms with van der Waals surface area (Å²) in [6.07, 6.45) is 3.35. The predicted molar refractivity (Wildman–Crippen MR) is 84.1 cm³/mol. The van der Waals surface area contributed by atoms with E-state index in [-0.39, 0.29) is 11.7 Å². The highest BCUT2D eigenvalue weighted by molar-refractivity contribution is 5.77. The number of ether oxygens (including phenoxy) is 1. The van der Waals surface area contributed by atoms with Gasteiger partial charge in [0.25, 0.3) is 0 Å². The van der Waals surface area contributed by atoms with Crippen LogP contribution in [-0.4, -0.2) is 17.1 Å². The molecule has 0 saturated carbocycles. The Hall–Kier alpha value is -3.26. The first-order chi connectivity index (χ1) is 11.2. The number of benzene rings is 1. The van der Waals surface area contributed by atoms with E-state index in [2.05, 4.69) is 16.0 Å². The molecule has 0 bridgehead atoms.